The van der Waals surface area contributed by atoms with E-state index in [1.165, 1.54) is 65.1 Å². The van der Waals surface area contributed by atoms with Gasteiger partial charge in [-0.1, -0.05) is 19.8 Å². The molecule has 0 radical (unpaired) electrons. The maximum absolute atomic E-state index is 11.8. The molecule has 2 rings (SSSR count). The van der Waals surface area contributed by atoms with Gasteiger partial charge in [-0.2, -0.15) is 0 Å². The number of carbonyl (C=O) groups is 1. The molecule has 1 saturated carbocycles. The van der Waals surface area contributed by atoms with E-state index in [1.54, 1.807) is 0 Å². The molecule has 4 heteroatoms. The summed E-state index contributed by atoms with van der Waals surface area (Å²) in [6, 6.07) is 0.435. The Morgan fingerprint density at radius 3 is 2.76 bits per heavy atom. The van der Waals surface area contributed by atoms with Gasteiger partial charge >= 0.3 is 5.97 Å². The van der Waals surface area contributed by atoms with Crippen LogP contribution in [0.3, 0.4) is 0 Å². The van der Waals surface area contributed by atoms with E-state index in [9.17, 15) is 4.79 Å². The number of ether oxygens (including phenoxy) is 1. The summed E-state index contributed by atoms with van der Waals surface area (Å²) in [4.78, 5) is 14.4. The number of nitrogens with one attached hydrogen (secondary N) is 1. The quantitative estimate of drug-likeness (QED) is 0.699. The lowest BCUT2D eigenvalue weighted by molar-refractivity contribution is -0.143. The molecule has 0 aromatic heterocycles. The van der Waals surface area contributed by atoms with Crippen molar-refractivity contribution in [3.05, 3.63) is 0 Å². The lowest BCUT2D eigenvalue weighted by atomic mass is 9.96. The molecule has 2 aliphatic rings. The van der Waals surface area contributed by atoms with Crippen molar-refractivity contribution in [1.29, 1.82) is 0 Å². The van der Waals surface area contributed by atoms with Gasteiger partial charge in [0.2, 0.25) is 0 Å². The largest absolute Gasteiger partial charge is 0.468 e. The fourth-order valence-electron chi connectivity index (χ4n) is 3.40. The van der Waals surface area contributed by atoms with Crippen molar-refractivity contribution in [3.8, 4) is 0 Å². The van der Waals surface area contributed by atoms with Gasteiger partial charge in [-0.3, -0.25) is 4.79 Å². The molecule has 0 spiro atoms. The predicted octanol–water partition coefficient (Wildman–Crippen LogP) is 2.57. The molecule has 0 bridgehead atoms. The molecule has 1 aliphatic carbocycles. The maximum atomic E-state index is 11.8. The number of carbonyl (C=O) groups excluding carboxylic acids is 1. The Bertz CT molecular complexity index is 318. The highest BCUT2D eigenvalue weighted by molar-refractivity contribution is 5.75. The zero-order valence-electron chi connectivity index (χ0n) is 13.8. The van der Waals surface area contributed by atoms with Gasteiger partial charge in [0.15, 0.2) is 0 Å². The Kier molecular flexibility index (Phi) is 6.97. The van der Waals surface area contributed by atoms with Crippen molar-refractivity contribution in [1.82, 2.24) is 10.2 Å². The zero-order valence-corrected chi connectivity index (χ0v) is 13.8. The minimum atomic E-state index is -0.114. The first-order chi connectivity index (χ1) is 10.2. The van der Waals surface area contributed by atoms with Gasteiger partial charge in [0.25, 0.3) is 0 Å². The smallest absolute Gasteiger partial charge is 0.322 e. The first-order valence-electron chi connectivity index (χ1n) is 8.79. The van der Waals surface area contributed by atoms with Gasteiger partial charge in [0, 0.05) is 12.6 Å². The molecule has 2 fully saturated rings. The lowest BCUT2D eigenvalue weighted by Crippen LogP contribution is -2.42. The van der Waals surface area contributed by atoms with Crippen LogP contribution in [-0.2, 0) is 9.53 Å². The van der Waals surface area contributed by atoms with Crippen LogP contribution in [-0.4, -0.2) is 49.7 Å². The molecular formula is C17H32N2O2. The molecular weight excluding hydrogens is 264 g/mol. The van der Waals surface area contributed by atoms with Crippen LogP contribution >= 0.6 is 0 Å². The van der Waals surface area contributed by atoms with Crippen molar-refractivity contribution in [2.75, 3.05) is 26.7 Å². The maximum Gasteiger partial charge on any atom is 0.322 e. The molecule has 0 aromatic carbocycles. The third-order valence-electron chi connectivity index (χ3n) is 4.87. The second-order valence-electron chi connectivity index (χ2n) is 6.73. The van der Waals surface area contributed by atoms with Crippen LogP contribution in [0.5, 0.6) is 0 Å². The van der Waals surface area contributed by atoms with Gasteiger partial charge in [0.1, 0.15) is 6.04 Å². The summed E-state index contributed by atoms with van der Waals surface area (Å²) in [5, 5.41) is 3.42. The monoisotopic (exact) mass is 296 g/mol. The molecule has 0 amide bonds. The molecule has 1 N–H and O–H groups in total. The van der Waals surface area contributed by atoms with Crippen LogP contribution in [0.25, 0.3) is 0 Å². The lowest BCUT2D eigenvalue weighted by Gasteiger charge is -2.23. The minimum absolute atomic E-state index is 0.0967. The van der Waals surface area contributed by atoms with E-state index in [4.69, 9.17) is 4.74 Å². The van der Waals surface area contributed by atoms with Crippen LogP contribution in [0.4, 0.5) is 0 Å². The molecule has 2 atom stereocenters. The van der Waals surface area contributed by atoms with Gasteiger partial charge in [0.05, 0.1) is 7.11 Å². The van der Waals surface area contributed by atoms with E-state index in [0.29, 0.717) is 6.04 Å². The standard InChI is InChI=1S/C17H32N2O2/c1-3-5-14-6-4-11-19(12-9-14)13-10-16(17(20)21-2)18-15-7-8-15/h14-16,18H,3-13H2,1-2H3. The second kappa shape index (κ2) is 8.74. The first kappa shape index (κ1) is 16.8. The van der Waals surface area contributed by atoms with Crippen molar-refractivity contribution in [3.63, 3.8) is 0 Å². The Hall–Kier alpha value is -0.610. The second-order valence-corrected chi connectivity index (χ2v) is 6.73. The number of hydrogen-bond donors (Lipinski definition) is 1. The van der Waals surface area contributed by atoms with Crippen molar-refractivity contribution in [2.45, 2.75) is 70.4 Å². The van der Waals surface area contributed by atoms with E-state index in [1.807, 2.05) is 0 Å². The third kappa shape index (κ3) is 5.95. The Morgan fingerprint density at radius 2 is 2.10 bits per heavy atom. The Labute approximate surface area is 129 Å². The Morgan fingerprint density at radius 1 is 1.29 bits per heavy atom. The van der Waals surface area contributed by atoms with E-state index >= 15 is 0 Å². The fraction of sp³-hybridized carbons (Fsp3) is 0.941. The molecule has 1 heterocycles. The summed E-state index contributed by atoms with van der Waals surface area (Å²) >= 11 is 0. The van der Waals surface area contributed by atoms with Crippen molar-refractivity contribution in [2.24, 2.45) is 5.92 Å². The summed E-state index contributed by atoms with van der Waals surface area (Å²) in [5.74, 6) is 0.821. The predicted molar refractivity (Wildman–Crippen MR) is 85.3 cm³/mol. The summed E-state index contributed by atoms with van der Waals surface area (Å²) < 4.78 is 4.93. The fourth-order valence-corrected chi connectivity index (χ4v) is 3.40. The van der Waals surface area contributed by atoms with Crippen LogP contribution in [0.15, 0.2) is 0 Å². The minimum Gasteiger partial charge on any atom is -0.468 e. The van der Waals surface area contributed by atoms with E-state index < -0.39 is 0 Å². The van der Waals surface area contributed by atoms with Gasteiger partial charge in [-0.15, -0.1) is 0 Å². The number of likely N-dealkylation sites (tertiary alicyclic amines) is 1. The van der Waals surface area contributed by atoms with Crippen LogP contribution in [0.2, 0.25) is 0 Å². The summed E-state index contributed by atoms with van der Waals surface area (Å²) in [7, 11) is 1.49. The number of rotatable bonds is 8. The van der Waals surface area contributed by atoms with Crippen molar-refractivity contribution >= 4 is 5.97 Å². The van der Waals surface area contributed by atoms with Crippen LogP contribution < -0.4 is 5.32 Å². The first-order valence-corrected chi connectivity index (χ1v) is 8.79. The molecule has 21 heavy (non-hydrogen) atoms. The van der Waals surface area contributed by atoms with Gasteiger partial charge in [-0.25, -0.2) is 0 Å². The number of esters is 1. The van der Waals surface area contributed by atoms with E-state index in [2.05, 4.69) is 17.1 Å². The van der Waals surface area contributed by atoms with Crippen molar-refractivity contribution < 1.29 is 9.53 Å². The topological polar surface area (TPSA) is 41.6 Å². The number of nitrogens with zero attached hydrogens (tertiary/aromatic N) is 1. The normalized spacial score (nSPS) is 25.3. The molecule has 4 nitrogen and oxygen atoms in total. The average Bonchev–Trinajstić information content (AvgIpc) is 3.31. The van der Waals surface area contributed by atoms with Crippen LogP contribution in [0.1, 0.15) is 58.3 Å². The van der Waals surface area contributed by atoms with E-state index in [-0.39, 0.29) is 12.0 Å². The summed E-state index contributed by atoms with van der Waals surface area (Å²) in [5.41, 5.74) is 0. The van der Waals surface area contributed by atoms with E-state index in [0.717, 1.165) is 18.9 Å². The highest BCUT2D eigenvalue weighted by Crippen LogP contribution is 2.23. The van der Waals surface area contributed by atoms with Gasteiger partial charge < -0.3 is 15.0 Å². The molecule has 1 saturated heterocycles. The number of hydrogen-bond acceptors (Lipinski definition) is 4. The van der Waals surface area contributed by atoms with Crippen LogP contribution in [0, 0.1) is 5.92 Å². The SMILES string of the molecule is CCCC1CCCN(CCC(NC2CC2)C(=O)OC)CC1. The Balaban J connectivity index is 1.73. The number of methoxy groups -OCH3 is 1. The third-order valence-corrected chi connectivity index (χ3v) is 4.87. The molecule has 122 valence electrons. The molecule has 0 aromatic rings. The highest BCUT2D eigenvalue weighted by atomic mass is 16.5. The highest BCUT2D eigenvalue weighted by Gasteiger charge is 2.29. The molecule has 2 unspecified atom stereocenters. The summed E-state index contributed by atoms with van der Waals surface area (Å²) in [6.45, 7) is 5.69. The molecule has 1 aliphatic heterocycles. The van der Waals surface area contributed by atoms with Gasteiger partial charge in [-0.05, 0) is 57.5 Å². The summed E-state index contributed by atoms with van der Waals surface area (Å²) in [6.07, 6.45) is 9.98. The zero-order chi connectivity index (χ0) is 15.1. The average molecular weight is 296 g/mol.